The zero-order chi connectivity index (χ0) is 14.7. The second kappa shape index (κ2) is 6.26. The Morgan fingerprint density at radius 2 is 2.00 bits per heavy atom. The summed E-state index contributed by atoms with van der Waals surface area (Å²) in [5, 5.41) is 0. The minimum atomic E-state index is 0.0406. The van der Waals surface area contributed by atoms with Crippen LogP contribution in [0.4, 0.5) is 0 Å². The van der Waals surface area contributed by atoms with Crippen molar-refractivity contribution in [2.45, 2.75) is 12.5 Å². The van der Waals surface area contributed by atoms with Crippen LogP contribution in [0.5, 0.6) is 5.75 Å². The van der Waals surface area contributed by atoms with Crippen LogP contribution in [0.3, 0.4) is 0 Å². The predicted molar refractivity (Wildman–Crippen MR) is 83.3 cm³/mol. The summed E-state index contributed by atoms with van der Waals surface area (Å²) in [6.07, 6.45) is 4.29. The van der Waals surface area contributed by atoms with Crippen molar-refractivity contribution in [2.24, 2.45) is 0 Å². The van der Waals surface area contributed by atoms with Gasteiger partial charge in [-0.05, 0) is 40.2 Å². The molecule has 0 aliphatic carbocycles. The fourth-order valence-corrected chi connectivity index (χ4v) is 2.88. The summed E-state index contributed by atoms with van der Waals surface area (Å²) in [5.74, 6) is 0.841. The third-order valence-electron chi connectivity index (χ3n) is 3.49. The molecule has 108 valence electrons. The molecule has 1 saturated heterocycles. The van der Waals surface area contributed by atoms with Gasteiger partial charge in [-0.25, -0.2) is 0 Å². The van der Waals surface area contributed by atoms with Crippen LogP contribution < -0.4 is 4.74 Å². The van der Waals surface area contributed by atoms with Gasteiger partial charge in [-0.15, -0.1) is 0 Å². The normalized spacial score (nSPS) is 17.8. The van der Waals surface area contributed by atoms with Crippen LogP contribution in [0.2, 0.25) is 0 Å². The summed E-state index contributed by atoms with van der Waals surface area (Å²) < 4.78 is 6.70. The molecule has 1 fully saturated rings. The monoisotopic (exact) mass is 346 g/mol. The minimum absolute atomic E-state index is 0.0406. The quantitative estimate of drug-likeness (QED) is 0.857. The van der Waals surface area contributed by atoms with Crippen molar-refractivity contribution in [3.63, 3.8) is 0 Å². The predicted octanol–water partition coefficient (Wildman–Crippen LogP) is 3.14. The number of halogens is 1. The van der Waals surface area contributed by atoms with E-state index in [1.165, 1.54) is 0 Å². The van der Waals surface area contributed by atoms with E-state index in [1.807, 2.05) is 41.3 Å². The van der Waals surface area contributed by atoms with Crippen molar-refractivity contribution in [3.05, 3.63) is 58.8 Å². The van der Waals surface area contributed by atoms with E-state index in [4.69, 9.17) is 4.74 Å². The van der Waals surface area contributed by atoms with Crippen LogP contribution in [0.25, 0.3) is 0 Å². The number of benzene rings is 1. The Morgan fingerprint density at radius 3 is 2.76 bits per heavy atom. The Kier molecular flexibility index (Phi) is 4.20. The largest absolute Gasteiger partial charge is 0.488 e. The fraction of sp³-hybridized carbons (Fsp3) is 0.250. The summed E-state index contributed by atoms with van der Waals surface area (Å²) in [7, 11) is 0. The molecule has 4 nitrogen and oxygen atoms in total. The third-order valence-corrected chi connectivity index (χ3v) is 4.18. The number of hydrogen-bond acceptors (Lipinski definition) is 3. The average Bonchev–Trinajstić information content (AvgIpc) is 2.97. The van der Waals surface area contributed by atoms with E-state index in [-0.39, 0.29) is 12.0 Å². The zero-order valence-electron chi connectivity index (χ0n) is 11.4. The molecule has 1 aliphatic rings. The Labute approximate surface area is 131 Å². The van der Waals surface area contributed by atoms with E-state index >= 15 is 0 Å². The lowest BCUT2D eigenvalue weighted by atomic mass is 10.2. The lowest BCUT2D eigenvalue weighted by Crippen LogP contribution is -2.31. The number of carbonyl (C=O) groups excluding carboxylic acids is 1. The molecule has 0 spiro atoms. The average molecular weight is 347 g/mol. The van der Waals surface area contributed by atoms with Crippen LogP contribution in [0, 0.1) is 0 Å². The van der Waals surface area contributed by atoms with Gasteiger partial charge in [-0.3, -0.25) is 9.78 Å². The molecule has 1 aromatic carbocycles. The summed E-state index contributed by atoms with van der Waals surface area (Å²) in [5.41, 5.74) is 0.696. The second-order valence-electron chi connectivity index (χ2n) is 4.94. The van der Waals surface area contributed by atoms with Gasteiger partial charge in [0, 0.05) is 29.8 Å². The standard InChI is InChI=1S/C16H15BrN2O2/c17-15-4-2-1-3-14(15)16(20)19-10-7-13(11-19)21-12-5-8-18-9-6-12/h1-6,8-9,13H,7,10-11H2/t13-/m1/s1. The van der Waals surface area contributed by atoms with Crippen LogP contribution in [0.1, 0.15) is 16.8 Å². The van der Waals surface area contributed by atoms with E-state index in [9.17, 15) is 4.79 Å². The molecule has 0 N–H and O–H groups in total. The van der Waals surface area contributed by atoms with Gasteiger partial charge in [0.25, 0.3) is 5.91 Å². The van der Waals surface area contributed by atoms with Gasteiger partial charge in [0.15, 0.2) is 0 Å². The fourth-order valence-electron chi connectivity index (χ4n) is 2.42. The number of pyridine rings is 1. The van der Waals surface area contributed by atoms with Gasteiger partial charge >= 0.3 is 0 Å². The number of ether oxygens (including phenoxy) is 1. The lowest BCUT2D eigenvalue weighted by molar-refractivity contribution is 0.0771. The van der Waals surface area contributed by atoms with E-state index in [2.05, 4.69) is 20.9 Å². The van der Waals surface area contributed by atoms with Crippen molar-refractivity contribution in [1.82, 2.24) is 9.88 Å². The van der Waals surface area contributed by atoms with Crippen molar-refractivity contribution < 1.29 is 9.53 Å². The molecule has 3 rings (SSSR count). The molecular formula is C16H15BrN2O2. The van der Waals surface area contributed by atoms with Gasteiger partial charge in [0.1, 0.15) is 11.9 Å². The molecule has 1 aromatic heterocycles. The Hall–Kier alpha value is -1.88. The second-order valence-corrected chi connectivity index (χ2v) is 5.80. The van der Waals surface area contributed by atoms with Gasteiger partial charge < -0.3 is 9.64 Å². The first-order valence-corrected chi connectivity index (χ1v) is 7.64. The summed E-state index contributed by atoms with van der Waals surface area (Å²) in [4.78, 5) is 18.3. The van der Waals surface area contributed by atoms with Gasteiger partial charge in [0.2, 0.25) is 0 Å². The molecule has 2 aromatic rings. The zero-order valence-corrected chi connectivity index (χ0v) is 13.0. The van der Waals surface area contributed by atoms with Gasteiger partial charge in [-0.1, -0.05) is 12.1 Å². The maximum absolute atomic E-state index is 12.5. The topological polar surface area (TPSA) is 42.4 Å². The Balaban J connectivity index is 1.65. The van der Waals surface area contributed by atoms with Crippen molar-refractivity contribution in [3.8, 4) is 5.75 Å². The van der Waals surface area contributed by atoms with Crippen molar-refractivity contribution >= 4 is 21.8 Å². The molecule has 1 atom stereocenters. The van der Waals surface area contributed by atoms with Gasteiger partial charge in [-0.2, -0.15) is 0 Å². The number of amides is 1. The molecule has 21 heavy (non-hydrogen) atoms. The van der Waals surface area contributed by atoms with Crippen molar-refractivity contribution in [2.75, 3.05) is 13.1 Å². The highest BCUT2D eigenvalue weighted by Gasteiger charge is 2.28. The Morgan fingerprint density at radius 1 is 1.24 bits per heavy atom. The minimum Gasteiger partial charge on any atom is -0.488 e. The molecule has 0 bridgehead atoms. The summed E-state index contributed by atoms with van der Waals surface area (Å²) >= 11 is 3.43. The van der Waals surface area contributed by atoms with E-state index in [1.54, 1.807) is 12.4 Å². The first kappa shape index (κ1) is 14.1. The van der Waals surface area contributed by atoms with E-state index in [0.717, 1.165) is 23.2 Å². The smallest absolute Gasteiger partial charge is 0.255 e. The van der Waals surface area contributed by atoms with E-state index in [0.29, 0.717) is 12.1 Å². The maximum atomic E-state index is 12.5. The first-order chi connectivity index (χ1) is 10.2. The number of rotatable bonds is 3. The van der Waals surface area contributed by atoms with Crippen molar-refractivity contribution in [1.29, 1.82) is 0 Å². The number of carbonyl (C=O) groups is 1. The Bertz CT molecular complexity index is 633. The molecule has 1 amide bonds. The lowest BCUT2D eigenvalue weighted by Gasteiger charge is -2.18. The van der Waals surface area contributed by atoms with Crippen LogP contribution in [-0.2, 0) is 0 Å². The van der Waals surface area contributed by atoms with Crippen LogP contribution >= 0.6 is 15.9 Å². The molecule has 5 heteroatoms. The summed E-state index contributed by atoms with van der Waals surface area (Å²) in [6, 6.07) is 11.2. The maximum Gasteiger partial charge on any atom is 0.255 e. The molecule has 0 unspecified atom stereocenters. The molecular weight excluding hydrogens is 332 g/mol. The third kappa shape index (κ3) is 3.24. The molecule has 0 saturated carbocycles. The SMILES string of the molecule is O=C(c1ccccc1Br)N1CC[C@@H](Oc2ccncc2)C1. The van der Waals surface area contributed by atoms with Crippen LogP contribution in [-0.4, -0.2) is 35.0 Å². The van der Waals surface area contributed by atoms with E-state index < -0.39 is 0 Å². The van der Waals surface area contributed by atoms with Crippen LogP contribution in [0.15, 0.2) is 53.3 Å². The molecule has 2 heterocycles. The first-order valence-electron chi connectivity index (χ1n) is 6.84. The number of aromatic nitrogens is 1. The highest BCUT2D eigenvalue weighted by molar-refractivity contribution is 9.10. The summed E-state index contributed by atoms with van der Waals surface area (Å²) in [6.45, 7) is 1.33. The highest BCUT2D eigenvalue weighted by Crippen LogP contribution is 2.22. The number of likely N-dealkylation sites (tertiary alicyclic amines) is 1. The number of nitrogens with zero attached hydrogens (tertiary/aromatic N) is 2. The highest BCUT2D eigenvalue weighted by atomic mass is 79.9. The molecule has 1 aliphatic heterocycles. The molecule has 0 radical (unpaired) electrons. The van der Waals surface area contributed by atoms with Gasteiger partial charge in [0.05, 0.1) is 12.1 Å². The number of hydrogen-bond donors (Lipinski definition) is 0.